The van der Waals surface area contributed by atoms with Gasteiger partial charge in [-0.2, -0.15) is 15.6 Å². The van der Waals surface area contributed by atoms with Crippen molar-refractivity contribution in [3.05, 3.63) is 24.3 Å². The van der Waals surface area contributed by atoms with Crippen molar-refractivity contribution in [3.63, 3.8) is 0 Å². The van der Waals surface area contributed by atoms with Crippen LogP contribution in [0.2, 0.25) is 0 Å². The molecule has 0 aromatic heterocycles. The summed E-state index contributed by atoms with van der Waals surface area (Å²) in [4.78, 5) is 0.156. The van der Waals surface area contributed by atoms with Gasteiger partial charge in [-0.3, -0.25) is 5.43 Å². The number of nitrogens with one attached hydrogen (secondary N) is 2. The molecule has 1 aromatic carbocycles. The number of anilines is 1. The Hall–Kier alpha value is -2.42. The Kier molecular flexibility index (Phi) is 7.75. The predicted molar refractivity (Wildman–Crippen MR) is 88.1 cm³/mol. The Bertz CT molecular complexity index is 696. The summed E-state index contributed by atoms with van der Waals surface area (Å²) in [6.45, 7) is 2.51. The zero-order chi connectivity index (χ0) is 17.1. The van der Waals surface area contributed by atoms with Crippen molar-refractivity contribution in [2.45, 2.75) is 37.5 Å². The fourth-order valence-corrected chi connectivity index (χ4v) is 2.82. The number of hydrogen-bond acceptors (Lipinski definition) is 6. The quantitative estimate of drug-likeness (QED) is 0.408. The van der Waals surface area contributed by atoms with Gasteiger partial charge in [0, 0.05) is 6.54 Å². The van der Waals surface area contributed by atoms with E-state index in [0.717, 1.165) is 25.7 Å². The van der Waals surface area contributed by atoms with Gasteiger partial charge in [-0.1, -0.05) is 26.2 Å². The molecular weight excluding hydrogens is 314 g/mol. The van der Waals surface area contributed by atoms with E-state index in [2.05, 4.69) is 22.2 Å². The molecule has 0 aliphatic heterocycles. The third-order valence-corrected chi connectivity index (χ3v) is 4.47. The molecule has 122 valence electrons. The third kappa shape index (κ3) is 6.47. The number of benzene rings is 1. The van der Waals surface area contributed by atoms with E-state index >= 15 is 0 Å². The normalized spacial score (nSPS) is 10.4. The fourth-order valence-electron chi connectivity index (χ4n) is 1.75. The lowest BCUT2D eigenvalue weighted by Crippen LogP contribution is -2.24. The molecule has 23 heavy (non-hydrogen) atoms. The number of nitriles is 2. The minimum absolute atomic E-state index is 0.156. The lowest BCUT2D eigenvalue weighted by molar-refractivity contribution is 0.573. The summed E-state index contributed by atoms with van der Waals surface area (Å²) in [7, 11) is -3.52. The molecule has 0 atom stereocenters. The fraction of sp³-hybridized carbons (Fsp3) is 0.400. The van der Waals surface area contributed by atoms with Crippen LogP contribution in [0.5, 0.6) is 0 Å². The molecule has 7 nitrogen and oxygen atoms in total. The summed E-state index contributed by atoms with van der Waals surface area (Å²) in [6, 6.07) is 9.13. The molecule has 0 aliphatic carbocycles. The molecule has 0 amide bonds. The highest BCUT2D eigenvalue weighted by molar-refractivity contribution is 7.89. The van der Waals surface area contributed by atoms with Gasteiger partial charge in [0.25, 0.3) is 0 Å². The summed E-state index contributed by atoms with van der Waals surface area (Å²) in [5, 5.41) is 20.7. The second-order valence-electron chi connectivity index (χ2n) is 4.78. The Labute approximate surface area is 136 Å². The van der Waals surface area contributed by atoms with Gasteiger partial charge in [0.05, 0.1) is 10.6 Å². The highest BCUT2D eigenvalue weighted by Crippen LogP contribution is 2.14. The molecule has 0 heterocycles. The summed E-state index contributed by atoms with van der Waals surface area (Å²) in [5.41, 5.74) is 2.69. The summed E-state index contributed by atoms with van der Waals surface area (Å²) < 4.78 is 26.7. The van der Waals surface area contributed by atoms with E-state index in [1.54, 1.807) is 12.1 Å². The first kappa shape index (κ1) is 18.6. The van der Waals surface area contributed by atoms with Gasteiger partial charge in [-0.15, -0.1) is 0 Å². The lowest BCUT2D eigenvalue weighted by atomic mass is 10.2. The average Bonchev–Trinajstić information content (AvgIpc) is 2.56. The highest BCUT2D eigenvalue weighted by atomic mass is 32.2. The van der Waals surface area contributed by atoms with Crippen LogP contribution in [0.1, 0.15) is 32.6 Å². The van der Waals surface area contributed by atoms with Crippen LogP contribution in [0.4, 0.5) is 5.69 Å². The lowest BCUT2D eigenvalue weighted by Gasteiger charge is -2.07. The van der Waals surface area contributed by atoms with Crippen molar-refractivity contribution in [2.24, 2.45) is 5.10 Å². The van der Waals surface area contributed by atoms with E-state index in [9.17, 15) is 8.42 Å². The van der Waals surface area contributed by atoms with E-state index in [-0.39, 0.29) is 10.6 Å². The molecule has 2 N–H and O–H groups in total. The van der Waals surface area contributed by atoms with Crippen molar-refractivity contribution >= 4 is 21.4 Å². The van der Waals surface area contributed by atoms with E-state index in [0.29, 0.717) is 12.2 Å². The maximum atomic E-state index is 12.1. The summed E-state index contributed by atoms with van der Waals surface area (Å²) >= 11 is 0. The first-order chi connectivity index (χ1) is 11.0. The van der Waals surface area contributed by atoms with Crippen molar-refractivity contribution < 1.29 is 8.42 Å². The van der Waals surface area contributed by atoms with E-state index in [4.69, 9.17) is 10.5 Å². The van der Waals surface area contributed by atoms with Gasteiger partial charge in [0.1, 0.15) is 12.1 Å². The van der Waals surface area contributed by atoms with Gasteiger partial charge in [-0.25, -0.2) is 13.1 Å². The number of sulfonamides is 1. The van der Waals surface area contributed by atoms with Gasteiger partial charge in [0.15, 0.2) is 0 Å². The van der Waals surface area contributed by atoms with Gasteiger partial charge < -0.3 is 0 Å². The van der Waals surface area contributed by atoms with Crippen LogP contribution >= 0.6 is 0 Å². The SMILES string of the molecule is CCCCCCNS(=O)(=O)c1ccc(NN=C(C#N)C#N)cc1. The topological polar surface area (TPSA) is 118 Å². The molecule has 0 aliphatic rings. The molecule has 0 unspecified atom stereocenters. The number of hydrazone groups is 1. The van der Waals surface area contributed by atoms with Crippen molar-refractivity contribution in [3.8, 4) is 12.1 Å². The molecule has 8 heteroatoms. The Morgan fingerprint density at radius 1 is 1.13 bits per heavy atom. The van der Waals surface area contributed by atoms with E-state index in [1.807, 2.05) is 0 Å². The Morgan fingerprint density at radius 3 is 2.35 bits per heavy atom. The Balaban J connectivity index is 2.63. The monoisotopic (exact) mass is 333 g/mol. The van der Waals surface area contributed by atoms with Crippen LogP contribution in [-0.2, 0) is 10.0 Å². The molecule has 1 rings (SSSR count). The highest BCUT2D eigenvalue weighted by Gasteiger charge is 2.12. The largest absolute Gasteiger partial charge is 0.277 e. The molecule has 0 fully saturated rings. The number of unbranched alkanes of at least 4 members (excludes halogenated alkanes) is 3. The molecule has 0 saturated carbocycles. The number of hydrogen-bond donors (Lipinski definition) is 2. The number of rotatable bonds is 9. The summed E-state index contributed by atoms with van der Waals surface area (Å²) in [5.74, 6) is 0. The average molecular weight is 333 g/mol. The van der Waals surface area contributed by atoms with Crippen LogP contribution in [0, 0.1) is 22.7 Å². The van der Waals surface area contributed by atoms with Crippen LogP contribution in [0.15, 0.2) is 34.3 Å². The van der Waals surface area contributed by atoms with Gasteiger partial charge in [-0.05, 0) is 30.7 Å². The number of nitrogens with zero attached hydrogens (tertiary/aromatic N) is 3. The van der Waals surface area contributed by atoms with E-state index in [1.165, 1.54) is 24.3 Å². The molecule has 1 aromatic rings. The maximum Gasteiger partial charge on any atom is 0.240 e. The smallest absolute Gasteiger partial charge is 0.240 e. The molecular formula is C15H19N5O2S. The standard InChI is InChI=1S/C15H19N5O2S/c1-2-3-4-5-10-18-23(21,22)15-8-6-13(7-9-15)19-20-14(11-16)12-17/h6-9,18-19H,2-5,10H2,1H3. The van der Waals surface area contributed by atoms with Crippen LogP contribution in [0.25, 0.3) is 0 Å². The van der Waals surface area contributed by atoms with Crippen molar-refractivity contribution in [1.82, 2.24) is 4.72 Å². The van der Waals surface area contributed by atoms with Gasteiger partial charge in [0.2, 0.25) is 15.7 Å². The van der Waals surface area contributed by atoms with Crippen molar-refractivity contribution in [1.29, 1.82) is 10.5 Å². The molecule has 0 bridgehead atoms. The second-order valence-corrected chi connectivity index (χ2v) is 6.55. The minimum atomic E-state index is -3.52. The van der Waals surface area contributed by atoms with Crippen LogP contribution < -0.4 is 10.1 Å². The molecule has 0 spiro atoms. The first-order valence-corrected chi connectivity index (χ1v) is 8.75. The van der Waals surface area contributed by atoms with E-state index < -0.39 is 10.0 Å². The minimum Gasteiger partial charge on any atom is -0.277 e. The first-order valence-electron chi connectivity index (χ1n) is 7.27. The molecule has 0 radical (unpaired) electrons. The molecule has 0 saturated heterocycles. The predicted octanol–water partition coefficient (Wildman–Crippen LogP) is 2.36. The Morgan fingerprint density at radius 2 is 1.78 bits per heavy atom. The van der Waals surface area contributed by atoms with Gasteiger partial charge >= 0.3 is 0 Å². The third-order valence-electron chi connectivity index (χ3n) is 3.00. The van der Waals surface area contributed by atoms with Crippen LogP contribution in [-0.4, -0.2) is 20.7 Å². The zero-order valence-electron chi connectivity index (χ0n) is 12.9. The van der Waals surface area contributed by atoms with Crippen molar-refractivity contribution in [2.75, 3.05) is 12.0 Å². The summed E-state index contributed by atoms with van der Waals surface area (Å²) in [6.07, 6.45) is 4.01. The zero-order valence-corrected chi connectivity index (χ0v) is 13.7. The van der Waals surface area contributed by atoms with Crippen LogP contribution in [0.3, 0.4) is 0 Å². The second kappa shape index (κ2) is 9.57. The maximum absolute atomic E-state index is 12.1.